The van der Waals surface area contributed by atoms with Crippen LogP contribution in [0.25, 0.3) is 0 Å². The van der Waals surface area contributed by atoms with Gasteiger partial charge in [0.15, 0.2) is 0 Å². The third-order valence-corrected chi connectivity index (χ3v) is 5.41. The van der Waals surface area contributed by atoms with Crippen LogP contribution in [-0.4, -0.2) is 55.3 Å². The van der Waals surface area contributed by atoms with Gasteiger partial charge in [-0.3, -0.25) is 4.79 Å². The first-order valence-electron chi connectivity index (χ1n) is 10.8. The van der Waals surface area contributed by atoms with E-state index in [1.54, 1.807) is 0 Å². The maximum absolute atomic E-state index is 12.4. The SMILES string of the molecule is CC(C)(C)OC(=O)C1Cc2ccc(OCCCN3CCCCC3)cc2CCN1. The highest BCUT2D eigenvalue weighted by molar-refractivity contribution is 5.77. The molecule has 0 aliphatic carbocycles. The van der Waals surface area contributed by atoms with Crippen molar-refractivity contribution in [1.82, 2.24) is 10.2 Å². The van der Waals surface area contributed by atoms with Gasteiger partial charge in [-0.25, -0.2) is 0 Å². The van der Waals surface area contributed by atoms with Gasteiger partial charge in [0, 0.05) is 6.54 Å². The van der Waals surface area contributed by atoms with E-state index in [1.165, 1.54) is 43.5 Å². The molecular formula is C23H36N2O3. The molecule has 1 saturated heterocycles. The normalized spacial score (nSPS) is 20.9. The zero-order valence-corrected chi connectivity index (χ0v) is 17.8. The molecule has 2 aliphatic heterocycles. The Bertz CT molecular complexity index is 648. The summed E-state index contributed by atoms with van der Waals surface area (Å²) in [4.78, 5) is 15.0. The molecule has 1 unspecified atom stereocenters. The molecule has 1 aromatic rings. The molecule has 1 fully saturated rings. The first-order chi connectivity index (χ1) is 13.4. The summed E-state index contributed by atoms with van der Waals surface area (Å²) in [6.07, 6.45) is 6.69. The molecule has 3 rings (SSSR count). The number of likely N-dealkylation sites (tertiary alicyclic amines) is 1. The lowest BCUT2D eigenvalue weighted by Crippen LogP contribution is -2.42. The van der Waals surface area contributed by atoms with Crippen LogP contribution in [0.1, 0.15) is 57.6 Å². The molecule has 0 aromatic heterocycles. The van der Waals surface area contributed by atoms with Crippen LogP contribution in [0.3, 0.4) is 0 Å². The van der Waals surface area contributed by atoms with Crippen LogP contribution in [0.15, 0.2) is 18.2 Å². The Labute approximate surface area is 169 Å². The number of esters is 1. The van der Waals surface area contributed by atoms with Crippen molar-refractivity contribution in [3.63, 3.8) is 0 Å². The van der Waals surface area contributed by atoms with Gasteiger partial charge in [0.1, 0.15) is 17.4 Å². The summed E-state index contributed by atoms with van der Waals surface area (Å²) in [5, 5.41) is 3.34. The fourth-order valence-corrected chi connectivity index (χ4v) is 4.00. The number of carbonyl (C=O) groups excluding carboxylic acids is 1. The van der Waals surface area contributed by atoms with E-state index in [4.69, 9.17) is 9.47 Å². The van der Waals surface area contributed by atoms with E-state index >= 15 is 0 Å². The Balaban J connectivity index is 1.50. The summed E-state index contributed by atoms with van der Waals surface area (Å²) in [6.45, 7) is 10.9. The molecule has 1 atom stereocenters. The van der Waals surface area contributed by atoms with E-state index in [-0.39, 0.29) is 12.0 Å². The number of carbonyl (C=O) groups is 1. The highest BCUT2D eigenvalue weighted by Gasteiger charge is 2.27. The Hall–Kier alpha value is -1.59. The molecule has 5 heteroatoms. The number of nitrogens with zero attached hydrogens (tertiary/aromatic N) is 1. The van der Waals surface area contributed by atoms with Crippen molar-refractivity contribution in [3.8, 4) is 5.75 Å². The summed E-state index contributed by atoms with van der Waals surface area (Å²) in [6, 6.07) is 6.02. The molecule has 1 N–H and O–H groups in total. The van der Waals surface area contributed by atoms with Crippen LogP contribution < -0.4 is 10.1 Å². The van der Waals surface area contributed by atoms with Crippen LogP contribution in [0, 0.1) is 0 Å². The monoisotopic (exact) mass is 388 g/mol. The largest absolute Gasteiger partial charge is 0.494 e. The second-order valence-corrected chi connectivity index (χ2v) is 9.03. The van der Waals surface area contributed by atoms with Gasteiger partial charge in [-0.15, -0.1) is 0 Å². The lowest BCUT2D eigenvalue weighted by Gasteiger charge is -2.26. The Morgan fingerprint density at radius 3 is 2.71 bits per heavy atom. The third-order valence-electron chi connectivity index (χ3n) is 5.41. The second-order valence-electron chi connectivity index (χ2n) is 9.03. The Morgan fingerprint density at radius 1 is 1.18 bits per heavy atom. The first-order valence-corrected chi connectivity index (χ1v) is 10.8. The molecule has 2 heterocycles. The molecule has 1 aromatic carbocycles. The standard InChI is InChI=1S/C23H36N2O3/c1-23(2,3)28-22(26)21-17-18-8-9-20(16-19(18)10-11-24-21)27-15-7-14-25-12-5-4-6-13-25/h8-9,16,21,24H,4-7,10-15,17H2,1-3H3. The number of nitrogens with one attached hydrogen (secondary N) is 1. The highest BCUT2D eigenvalue weighted by atomic mass is 16.6. The van der Waals surface area contributed by atoms with Gasteiger partial charge in [0.05, 0.1) is 6.61 Å². The van der Waals surface area contributed by atoms with Crippen LogP contribution in [0.2, 0.25) is 0 Å². The smallest absolute Gasteiger partial charge is 0.323 e. The third kappa shape index (κ3) is 6.49. The van der Waals surface area contributed by atoms with Gasteiger partial charge in [-0.1, -0.05) is 12.5 Å². The van der Waals surface area contributed by atoms with Crippen LogP contribution in [0.4, 0.5) is 0 Å². The molecular weight excluding hydrogens is 352 g/mol. The molecule has 0 radical (unpaired) electrons. The Morgan fingerprint density at radius 2 is 1.96 bits per heavy atom. The quantitative estimate of drug-likeness (QED) is 0.598. The zero-order valence-electron chi connectivity index (χ0n) is 17.8. The summed E-state index contributed by atoms with van der Waals surface area (Å²) >= 11 is 0. The fraction of sp³-hybridized carbons (Fsp3) is 0.696. The number of fused-ring (bicyclic) bond motifs is 1. The van der Waals surface area contributed by atoms with E-state index in [0.717, 1.165) is 38.3 Å². The molecule has 2 aliphatic rings. The lowest BCUT2D eigenvalue weighted by molar-refractivity contribution is -0.157. The number of piperidine rings is 1. The van der Waals surface area contributed by atoms with Gasteiger partial charge >= 0.3 is 5.97 Å². The topological polar surface area (TPSA) is 50.8 Å². The minimum Gasteiger partial charge on any atom is -0.494 e. The van der Waals surface area contributed by atoms with Gasteiger partial charge < -0.3 is 19.7 Å². The summed E-state index contributed by atoms with van der Waals surface area (Å²) in [7, 11) is 0. The van der Waals surface area contributed by atoms with Crippen molar-refractivity contribution in [2.75, 3.05) is 32.8 Å². The summed E-state index contributed by atoms with van der Waals surface area (Å²) in [5.41, 5.74) is 2.02. The zero-order chi connectivity index (χ0) is 20.0. The van der Waals surface area contributed by atoms with Crippen molar-refractivity contribution in [1.29, 1.82) is 0 Å². The minimum absolute atomic E-state index is 0.168. The fourth-order valence-electron chi connectivity index (χ4n) is 4.00. The minimum atomic E-state index is -0.459. The van der Waals surface area contributed by atoms with Crippen LogP contribution in [0.5, 0.6) is 5.75 Å². The van der Waals surface area contributed by atoms with Crippen molar-refractivity contribution < 1.29 is 14.3 Å². The van der Waals surface area contributed by atoms with E-state index in [1.807, 2.05) is 26.8 Å². The van der Waals surface area contributed by atoms with Crippen LogP contribution >= 0.6 is 0 Å². The summed E-state index contributed by atoms with van der Waals surface area (Å²) < 4.78 is 11.6. The second kappa shape index (κ2) is 9.75. The van der Waals surface area contributed by atoms with Crippen LogP contribution in [-0.2, 0) is 22.4 Å². The molecule has 5 nitrogen and oxygen atoms in total. The van der Waals surface area contributed by atoms with Crippen molar-refractivity contribution >= 4 is 5.97 Å². The average molecular weight is 389 g/mol. The van der Waals surface area contributed by atoms with Gasteiger partial charge in [-0.05, 0) is 95.8 Å². The highest BCUT2D eigenvalue weighted by Crippen LogP contribution is 2.23. The number of benzene rings is 1. The molecule has 0 bridgehead atoms. The maximum Gasteiger partial charge on any atom is 0.323 e. The molecule has 156 valence electrons. The van der Waals surface area contributed by atoms with E-state index in [0.29, 0.717) is 6.42 Å². The van der Waals surface area contributed by atoms with E-state index < -0.39 is 5.60 Å². The number of hydrogen-bond acceptors (Lipinski definition) is 5. The van der Waals surface area contributed by atoms with Crippen molar-refractivity contribution in [2.45, 2.75) is 70.9 Å². The molecule has 0 amide bonds. The average Bonchev–Trinajstić information content (AvgIpc) is 2.87. The van der Waals surface area contributed by atoms with Crippen molar-refractivity contribution in [3.05, 3.63) is 29.3 Å². The van der Waals surface area contributed by atoms with Gasteiger partial charge in [-0.2, -0.15) is 0 Å². The number of rotatable bonds is 6. The number of ether oxygens (including phenoxy) is 2. The lowest BCUT2D eigenvalue weighted by atomic mass is 10.00. The predicted octanol–water partition coefficient (Wildman–Crippen LogP) is 3.34. The Kier molecular flexibility index (Phi) is 7.36. The molecule has 28 heavy (non-hydrogen) atoms. The molecule has 0 spiro atoms. The molecule has 0 saturated carbocycles. The van der Waals surface area contributed by atoms with Crippen molar-refractivity contribution in [2.24, 2.45) is 0 Å². The van der Waals surface area contributed by atoms with E-state index in [2.05, 4.69) is 22.3 Å². The number of hydrogen-bond donors (Lipinski definition) is 1. The summed E-state index contributed by atoms with van der Waals surface area (Å²) in [5.74, 6) is 0.770. The van der Waals surface area contributed by atoms with Gasteiger partial charge in [0.2, 0.25) is 0 Å². The van der Waals surface area contributed by atoms with Gasteiger partial charge in [0.25, 0.3) is 0 Å². The first kappa shape index (κ1) is 21.1. The predicted molar refractivity (Wildman–Crippen MR) is 112 cm³/mol. The van der Waals surface area contributed by atoms with E-state index in [9.17, 15) is 4.79 Å². The maximum atomic E-state index is 12.4.